The molecule has 0 unspecified atom stereocenters. The van der Waals surface area contributed by atoms with Gasteiger partial charge in [-0.2, -0.15) is 0 Å². The van der Waals surface area contributed by atoms with Crippen molar-refractivity contribution >= 4 is 11.5 Å². The fraction of sp³-hybridized carbons (Fsp3) is 0.0909. The molecular weight excluding hydrogens is 204 g/mol. The van der Waals surface area contributed by atoms with Crippen LogP contribution in [-0.4, -0.2) is 17.0 Å². The molecule has 0 bridgehead atoms. The van der Waals surface area contributed by atoms with Gasteiger partial charge in [-0.25, -0.2) is 4.98 Å². The Hall–Kier alpha value is -2.30. The molecule has 0 radical (unpaired) electrons. The Kier molecular flexibility index (Phi) is 2.59. The van der Waals surface area contributed by atoms with Crippen LogP contribution in [0.25, 0.3) is 11.4 Å². The number of nitrogens with one attached hydrogen (secondary N) is 2. The first-order valence-electron chi connectivity index (χ1n) is 4.84. The summed E-state index contributed by atoms with van der Waals surface area (Å²) in [6, 6.07) is 8.81. The summed E-state index contributed by atoms with van der Waals surface area (Å²) in [5.41, 5.74) is 7.03. The third-order valence-electron chi connectivity index (χ3n) is 2.19. The molecule has 0 amide bonds. The second-order valence-electron chi connectivity index (χ2n) is 3.35. The molecule has 2 aromatic rings. The number of rotatable bonds is 2. The Balaban J connectivity index is 2.53. The Morgan fingerprint density at radius 1 is 1.38 bits per heavy atom. The Morgan fingerprint density at radius 3 is 2.88 bits per heavy atom. The third-order valence-corrected chi connectivity index (χ3v) is 2.19. The molecule has 2 rings (SSSR count). The summed E-state index contributed by atoms with van der Waals surface area (Å²) in [7, 11) is 1.83. The SMILES string of the molecule is CNc1cccc(-c2nc(N)cc(=O)[nH]2)c1. The Bertz CT molecular complexity index is 562. The maximum Gasteiger partial charge on any atom is 0.253 e. The highest BCUT2D eigenvalue weighted by molar-refractivity contribution is 5.62. The highest BCUT2D eigenvalue weighted by atomic mass is 16.1. The van der Waals surface area contributed by atoms with Crippen molar-refractivity contribution in [2.45, 2.75) is 0 Å². The van der Waals surface area contributed by atoms with Gasteiger partial charge in [0.1, 0.15) is 11.6 Å². The van der Waals surface area contributed by atoms with Crippen molar-refractivity contribution in [1.29, 1.82) is 0 Å². The molecule has 0 saturated heterocycles. The van der Waals surface area contributed by atoms with E-state index in [0.29, 0.717) is 5.82 Å². The second kappa shape index (κ2) is 4.06. The highest BCUT2D eigenvalue weighted by Crippen LogP contribution is 2.18. The summed E-state index contributed by atoms with van der Waals surface area (Å²) in [5.74, 6) is 0.690. The van der Waals surface area contributed by atoms with Crippen LogP contribution >= 0.6 is 0 Å². The Labute approximate surface area is 92.3 Å². The van der Waals surface area contributed by atoms with Gasteiger partial charge in [0, 0.05) is 24.4 Å². The fourth-order valence-corrected chi connectivity index (χ4v) is 1.44. The number of benzene rings is 1. The number of H-pyrrole nitrogens is 1. The van der Waals surface area contributed by atoms with Crippen LogP contribution in [0.3, 0.4) is 0 Å². The zero-order valence-electron chi connectivity index (χ0n) is 8.82. The summed E-state index contributed by atoms with van der Waals surface area (Å²) in [6.45, 7) is 0. The molecular formula is C11H12N4O. The molecule has 5 nitrogen and oxygen atoms in total. The molecule has 1 aromatic heterocycles. The summed E-state index contributed by atoms with van der Waals surface area (Å²) in [4.78, 5) is 18.0. The maximum absolute atomic E-state index is 11.2. The smallest absolute Gasteiger partial charge is 0.253 e. The monoisotopic (exact) mass is 216 g/mol. The minimum absolute atomic E-state index is 0.216. The molecule has 1 aromatic carbocycles. The van der Waals surface area contributed by atoms with Crippen LogP contribution < -0.4 is 16.6 Å². The number of nitrogens with two attached hydrogens (primary N) is 1. The second-order valence-corrected chi connectivity index (χ2v) is 3.35. The van der Waals surface area contributed by atoms with E-state index >= 15 is 0 Å². The first-order valence-corrected chi connectivity index (χ1v) is 4.84. The van der Waals surface area contributed by atoms with Crippen LogP contribution in [0, 0.1) is 0 Å². The molecule has 0 spiro atoms. The average molecular weight is 216 g/mol. The molecule has 1 heterocycles. The van der Waals surface area contributed by atoms with Gasteiger partial charge in [0.2, 0.25) is 0 Å². The molecule has 4 N–H and O–H groups in total. The highest BCUT2D eigenvalue weighted by Gasteiger charge is 2.02. The van der Waals surface area contributed by atoms with Gasteiger partial charge in [-0.3, -0.25) is 4.79 Å². The molecule has 0 aliphatic carbocycles. The van der Waals surface area contributed by atoms with Gasteiger partial charge in [-0.05, 0) is 12.1 Å². The van der Waals surface area contributed by atoms with E-state index in [1.807, 2.05) is 31.3 Å². The van der Waals surface area contributed by atoms with Crippen molar-refractivity contribution in [1.82, 2.24) is 9.97 Å². The van der Waals surface area contributed by atoms with Gasteiger partial charge in [0.05, 0.1) is 0 Å². The maximum atomic E-state index is 11.2. The van der Waals surface area contributed by atoms with E-state index in [2.05, 4.69) is 15.3 Å². The van der Waals surface area contributed by atoms with Crippen molar-refractivity contribution in [2.75, 3.05) is 18.1 Å². The molecule has 82 valence electrons. The molecule has 0 aliphatic heterocycles. The number of hydrogen-bond acceptors (Lipinski definition) is 4. The van der Waals surface area contributed by atoms with Gasteiger partial charge in [-0.1, -0.05) is 12.1 Å². The van der Waals surface area contributed by atoms with Gasteiger partial charge in [0.15, 0.2) is 0 Å². The van der Waals surface area contributed by atoms with Gasteiger partial charge < -0.3 is 16.0 Å². The van der Waals surface area contributed by atoms with E-state index in [9.17, 15) is 4.79 Å². The van der Waals surface area contributed by atoms with Crippen LogP contribution in [0.4, 0.5) is 11.5 Å². The zero-order valence-corrected chi connectivity index (χ0v) is 8.82. The van der Waals surface area contributed by atoms with Crippen LogP contribution in [0.1, 0.15) is 0 Å². The molecule has 0 aliphatic rings. The molecule has 0 atom stereocenters. The summed E-state index contributed by atoms with van der Waals surface area (Å²) in [6.07, 6.45) is 0. The largest absolute Gasteiger partial charge is 0.388 e. The number of anilines is 2. The molecule has 16 heavy (non-hydrogen) atoms. The van der Waals surface area contributed by atoms with E-state index in [-0.39, 0.29) is 11.4 Å². The number of hydrogen-bond donors (Lipinski definition) is 3. The fourth-order valence-electron chi connectivity index (χ4n) is 1.44. The van der Waals surface area contributed by atoms with Crippen molar-refractivity contribution in [3.8, 4) is 11.4 Å². The lowest BCUT2D eigenvalue weighted by Gasteiger charge is -2.04. The predicted molar refractivity (Wildman–Crippen MR) is 64.3 cm³/mol. The van der Waals surface area contributed by atoms with Crippen molar-refractivity contribution in [3.63, 3.8) is 0 Å². The molecule has 0 fully saturated rings. The molecule has 0 saturated carbocycles. The third kappa shape index (κ3) is 2.03. The van der Waals surface area contributed by atoms with Gasteiger partial charge >= 0.3 is 0 Å². The summed E-state index contributed by atoms with van der Waals surface area (Å²) >= 11 is 0. The van der Waals surface area contributed by atoms with E-state index < -0.39 is 0 Å². The van der Waals surface area contributed by atoms with Crippen LogP contribution in [0.2, 0.25) is 0 Å². The summed E-state index contributed by atoms with van der Waals surface area (Å²) < 4.78 is 0. The average Bonchev–Trinajstić information content (AvgIpc) is 2.28. The van der Waals surface area contributed by atoms with Crippen LogP contribution in [-0.2, 0) is 0 Å². The lowest BCUT2D eigenvalue weighted by molar-refractivity contribution is 1.14. The van der Waals surface area contributed by atoms with Gasteiger partial charge in [-0.15, -0.1) is 0 Å². The summed E-state index contributed by atoms with van der Waals surface area (Å²) in [5, 5.41) is 3.02. The van der Waals surface area contributed by atoms with Crippen molar-refractivity contribution in [2.24, 2.45) is 0 Å². The minimum atomic E-state index is -0.252. The van der Waals surface area contributed by atoms with Crippen LogP contribution in [0.5, 0.6) is 0 Å². The Morgan fingerprint density at radius 2 is 2.19 bits per heavy atom. The number of nitrogen functional groups attached to an aromatic ring is 1. The minimum Gasteiger partial charge on any atom is -0.388 e. The predicted octanol–water partition coefficient (Wildman–Crippen LogP) is 1.06. The normalized spacial score (nSPS) is 10.1. The quantitative estimate of drug-likeness (QED) is 0.700. The number of aromatic amines is 1. The van der Waals surface area contributed by atoms with E-state index in [1.165, 1.54) is 6.07 Å². The van der Waals surface area contributed by atoms with Crippen molar-refractivity contribution in [3.05, 3.63) is 40.7 Å². The van der Waals surface area contributed by atoms with Gasteiger partial charge in [0.25, 0.3) is 5.56 Å². The standard InChI is InChI=1S/C11H12N4O/c1-13-8-4-2-3-7(5-8)11-14-9(12)6-10(16)15-11/h2-6,13H,1H3,(H3,12,14,15,16). The number of nitrogens with zero attached hydrogens (tertiary/aromatic N) is 1. The molecule has 5 heteroatoms. The first-order chi connectivity index (χ1) is 7.69. The topological polar surface area (TPSA) is 83.8 Å². The lowest BCUT2D eigenvalue weighted by Crippen LogP contribution is -2.09. The zero-order chi connectivity index (χ0) is 11.5. The number of aromatic nitrogens is 2. The van der Waals surface area contributed by atoms with E-state index in [0.717, 1.165) is 11.3 Å². The van der Waals surface area contributed by atoms with Crippen molar-refractivity contribution < 1.29 is 0 Å². The van der Waals surface area contributed by atoms with E-state index in [1.54, 1.807) is 0 Å². The van der Waals surface area contributed by atoms with E-state index in [4.69, 9.17) is 5.73 Å². The first kappa shape index (κ1) is 10.2. The lowest BCUT2D eigenvalue weighted by atomic mass is 10.2. The van der Waals surface area contributed by atoms with Crippen LogP contribution in [0.15, 0.2) is 35.1 Å².